The van der Waals surface area contributed by atoms with E-state index in [4.69, 9.17) is 4.74 Å². The van der Waals surface area contributed by atoms with E-state index in [-0.39, 0.29) is 6.04 Å². The van der Waals surface area contributed by atoms with Gasteiger partial charge in [-0.25, -0.2) is 0 Å². The lowest BCUT2D eigenvalue weighted by Crippen LogP contribution is -2.44. The fourth-order valence-electron chi connectivity index (χ4n) is 3.54. The van der Waals surface area contributed by atoms with Crippen LogP contribution in [-0.2, 0) is 9.59 Å². The van der Waals surface area contributed by atoms with Crippen LogP contribution in [0.25, 0.3) is 0 Å². The number of nitrogens with one attached hydrogen (secondary N) is 2. The van der Waals surface area contributed by atoms with Gasteiger partial charge in [0, 0.05) is 11.7 Å². The van der Waals surface area contributed by atoms with Gasteiger partial charge in [0.25, 0.3) is 0 Å². The van der Waals surface area contributed by atoms with Gasteiger partial charge in [-0.1, -0.05) is 39.8 Å². The summed E-state index contributed by atoms with van der Waals surface area (Å²) in [5.41, 5.74) is 0.906. The van der Waals surface area contributed by atoms with Gasteiger partial charge >= 0.3 is 11.8 Å². The summed E-state index contributed by atoms with van der Waals surface area (Å²) < 4.78 is 5.39. The molecule has 0 radical (unpaired) electrons. The molecule has 0 saturated heterocycles. The Morgan fingerprint density at radius 3 is 2.33 bits per heavy atom. The molecule has 27 heavy (non-hydrogen) atoms. The Balaban J connectivity index is 1.79. The van der Waals surface area contributed by atoms with Gasteiger partial charge in [0.05, 0.1) is 0 Å². The van der Waals surface area contributed by atoms with Gasteiger partial charge in [-0.2, -0.15) is 0 Å². The summed E-state index contributed by atoms with van der Waals surface area (Å²) in [5, 5.41) is 5.51. The molecule has 0 spiro atoms. The summed E-state index contributed by atoms with van der Waals surface area (Å²) in [6.07, 6.45) is 6.88. The van der Waals surface area contributed by atoms with Crippen molar-refractivity contribution in [1.29, 1.82) is 0 Å². The number of hydrogen-bond donors (Lipinski definition) is 2. The van der Waals surface area contributed by atoms with Crippen molar-refractivity contribution in [3.63, 3.8) is 0 Å². The van der Waals surface area contributed by atoms with Crippen molar-refractivity contribution in [2.45, 2.75) is 58.9 Å². The van der Waals surface area contributed by atoms with Crippen LogP contribution >= 0.6 is 0 Å². The highest BCUT2D eigenvalue weighted by Crippen LogP contribution is 2.40. The van der Waals surface area contributed by atoms with E-state index < -0.39 is 11.8 Å². The number of anilines is 1. The zero-order chi connectivity index (χ0) is 19.9. The average Bonchev–Trinajstić information content (AvgIpc) is 2.67. The summed E-state index contributed by atoms with van der Waals surface area (Å²) in [4.78, 5) is 24.3. The molecule has 1 aromatic carbocycles. The van der Waals surface area contributed by atoms with Gasteiger partial charge < -0.3 is 15.4 Å². The first-order valence-corrected chi connectivity index (χ1v) is 9.81. The normalized spacial score (nSPS) is 19.8. The molecule has 0 aliphatic heterocycles. The highest BCUT2D eigenvalue weighted by atomic mass is 16.5. The molecule has 0 bridgehead atoms. The third-order valence-electron chi connectivity index (χ3n) is 5.77. The van der Waals surface area contributed by atoms with Gasteiger partial charge in [0.15, 0.2) is 0 Å². The number of carbonyl (C=O) groups is 2. The van der Waals surface area contributed by atoms with E-state index in [0.29, 0.717) is 29.4 Å². The largest absolute Gasteiger partial charge is 0.490 e. The van der Waals surface area contributed by atoms with Crippen molar-refractivity contribution in [3.05, 3.63) is 36.9 Å². The Kier molecular flexibility index (Phi) is 7.45. The molecule has 1 saturated carbocycles. The number of rotatable bonds is 7. The number of benzene rings is 1. The maximum Gasteiger partial charge on any atom is 0.313 e. The number of amides is 2. The number of ether oxygens (including phenoxy) is 1. The quantitative estimate of drug-likeness (QED) is 0.554. The third kappa shape index (κ3) is 6.12. The molecule has 0 unspecified atom stereocenters. The molecule has 2 amide bonds. The van der Waals surface area contributed by atoms with Crippen molar-refractivity contribution < 1.29 is 14.3 Å². The van der Waals surface area contributed by atoms with Crippen LogP contribution in [0, 0.1) is 11.3 Å². The minimum atomic E-state index is -0.634. The second-order valence-electron chi connectivity index (χ2n) is 7.94. The lowest BCUT2D eigenvalue weighted by atomic mass is 9.69. The fourth-order valence-corrected chi connectivity index (χ4v) is 3.54. The van der Waals surface area contributed by atoms with Gasteiger partial charge in [-0.05, 0) is 61.3 Å². The first-order chi connectivity index (χ1) is 12.9. The number of carbonyl (C=O) groups excluding carboxylic acids is 2. The molecule has 1 aliphatic rings. The maximum atomic E-state index is 12.2. The van der Waals surface area contributed by atoms with Crippen LogP contribution in [0.15, 0.2) is 36.9 Å². The second-order valence-corrected chi connectivity index (χ2v) is 7.94. The Morgan fingerprint density at radius 1 is 1.15 bits per heavy atom. The predicted octanol–water partition coefficient (Wildman–Crippen LogP) is 4.30. The molecule has 0 aromatic heterocycles. The summed E-state index contributed by atoms with van der Waals surface area (Å²) in [5.74, 6) is 0.168. The van der Waals surface area contributed by atoms with E-state index in [9.17, 15) is 9.59 Å². The predicted molar refractivity (Wildman–Crippen MR) is 109 cm³/mol. The van der Waals surface area contributed by atoms with E-state index in [1.165, 1.54) is 0 Å². The molecular formula is C22H32N2O3. The van der Waals surface area contributed by atoms with E-state index >= 15 is 0 Å². The Hall–Kier alpha value is -2.30. The first kappa shape index (κ1) is 21.0. The zero-order valence-corrected chi connectivity index (χ0v) is 16.7. The van der Waals surface area contributed by atoms with Crippen LogP contribution in [0.1, 0.15) is 52.9 Å². The van der Waals surface area contributed by atoms with E-state index in [1.54, 1.807) is 30.3 Å². The lowest BCUT2D eigenvalue weighted by Gasteiger charge is -2.39. The van der Waals surface area contributed by atoms with Crippen molar-refractivity contribution in [2.75, 3.05) is 11.9 Å². The van der Waals surface area contributed by atoms with Crippen LogP contribution in [0.2, 0.25) is 0 Å². The van der Waals surface area contributed by atoms with Gasteiger partial charge in [-0.15, -0.1) is 0 Å². The molecular weight excluding hydrogens is 340 g/mol. The van der Waals surface area contributed by atoms with Crippen LogP contribution in [0.3, 0.4) is 0 Å². The van der Waals surface area contributed by atoms with Crippen molar-refractivity contribution in [3.8, 4) is 5.75 Å². The van der Waals surface area contributed by atoms with Gasteiger partial charge in [0.1, 0.15) is 12.4 Å². The van der Waals surface area contributed by atoms with Crippen LogP contribution < -0.4 is 15.4 Å². The second kappa shape index (κ2) is 9.58. The monoisotopic (exact) mass is 372 g/mol. The molecule has 1 aliphatic carbocycles. The minimum Gasteiger partial charge on any atom is -0.490 e. The Bertz CT molecular complexity index is 644. The van der Waals surface area contributed by atoms with Crippen LogP contribution in [-0.4, -0.2) is 24.5 Å². The summed E-state index contributed by atoms with van der Waals surface area (Å²) >= 11 is 0. The molecule has 2 rings (SSSR count). The Morgan fingerprint density at radius 2 is 1.78 bits per heavy atom. The molecule has 5 heteroatoms. The molecule has 2 N–H and O–H groups in total. The highest BCUT2D eigenvalue weighted by Gasteiger charge is 2.32. The zero-order valence-electron chi connectivity index (χ0n) is 16.7. The van der Waals surface area contributed by atoms with Crippen molar-refractivity contribution in [1.82, 2.24) is 5.32 Å². The van der Waals surface area contributed by atoms with Crippen molar-refractivity contribution in [2.24, 2.45) is 11.3 Å². The van der Waals surface area contributed by atoms with Crippen LogP contribution in [0.5, 0.6) is 5.75 Å². The summed E-state index contributed by atoms with van der Waals surface area (Å²) in [6.45, 7) is 10.9. The minimum absolute atomic E-state index is 0.0850. The van der Waals surface area contributed by atoms with Crippen LogP contribution in [0.4, 0.5) is 5.69 Å². The fraction of sp³-hybridized carbons (Fsp3) is 0.545. The smallest absolute Gasteiger partial charge is 0.313 e. The molecule has 0 heterocycles. The van der Waals surface area contributed by atoms with E-state index in [0.717, 1.165) is 32.1 Å². The average molecular weight is 373 g/mol. The van der Waals surface area contributed by atoms with Crippen molar-refractivity contribution >= 4 is 17.5 Å². The SMILES string of the molecule is C=CCOc1ccc(NC(=O)C(=O)NC2CCC(C(C)(C)CC)CC2)cc1. The lowest BCUT2D eigenvalue weighted by molar-refractivity contribution is -0.136. The first-order valence-electron chi connectivity index (χ1n) is 9.81. The highest BCUT2D eigenvalue weighted by molar-refractivity contribution is 6.39. The summed E-state index contributed by atoms with van der Waals surface area (Å²) in [7, 11) is 0. The molecule has 1 fully saturated rings. The van der Waals surface area contributed by atoms with E-state index in [2.05, 4.69) is 38.0 Å². The third-order valence-corrected chi connectivity index (χ3v) is 5.77. The molecule has 5 nitrogen and oxygen atoms in total. The molecule has 0 atom stereocenters. The molecule has 148 valence electrons. The summed E-state index contributed by atoms with van der Waals surface area (Å²) in [6, 6.07) is 6.99. The molecule has 1 aromatic rings. The topological polar surface area (TPSA) is 67.4 Å². The van der Waals surface area contributed by atoms with Gasteiger partial charge in [0.2, 0.25) is 0 Å². The van der Waals surface area contributed by atoms with Gasteiger partial charge in [-0.3, -0.25) is 9.59 Å². The van der Waals surface area contributed by atoms with E-state index in [1.807, 2.05) is 0 Å². The Labute approximate surface area is 162 Å². The maximum absolute atomic E-state index is 12.2. The standard InChI is InChI=1S/C22H32N2O3/c1-5-15-27-19-13-11-18(12-14-19)24-21(26)20(25)23-17-9-7-16(8-10-17)22(3,4)6-2/h5,11-14,16-17H,1,6-10,15H2,2-4H3,(H,23,25)(H,24,26). The number of hydrogen-bond acceptors (Lipinski definition) is 3.